The van der Waals surface area contributed by atoms with E-state index in [2.05, 4.69) is 5.32 Å². The van der Waals surface area contributed by atoms with Gasteiger partial charge in [-0.2, -0.15) is 0 Å². The van der Waals surface area contributed by atoms with Crippen LogP contribution >= 0.6 is 0 Å². The van der Waals surface area contributed by atoms with Crippen LogP contribution in [-0.4, -0.2) is 23.5 Å². The van der Waals surface area contributed by atoms with E-state index in [-0.39, 0.29) is 24.1 Å². The molecule has 4 nitrogen and oxygen atoms in total. The quantitative estimate of drug-likeness (QED) is 0.815. The molecule has 0 heterocycles. The normalized spacial score (nSPS) is 11.9. The van der Waals surface area contributed by atoms with Crippen LogP contribution in [0.1, 0.15) is 30.1 Å². The Morgan fingerprint density at radius 1 is 1.33 bits per heavy atom. The lowest BCUT2D eigenvalue weighted by molar-refractivity contribution is -0.137. The standard InChI is InChI=1S/C13H16FNO3/c1-9(2-7-12(16)17)8-15-13(18)10-3-5-11(14)6-4-10/h3-6,9H,2,7-8H2,1H3,(H,15,18)(H,16,17). The summed E-state index contributed by atoms with van der Waals surface area (Å²) in [7, 11) is 0. The number of carbonyl (C=O) groups excluding carboxylic acids is 1. The van der Waals surface area contributed by atoms with Crippen LogP contribution in [0.5, 0.6) is 0 Å². The maximum absolute atomic E-state index is 12.7. The molecule has 0 fully saturated rings. The molecule has 0 saturated carbocycles. The molecule has 0 spiro atoms. The number of carbonyl (C=O) groups is 2. The molecule has 0 bridgehead atoms. The van der Waals surface area contributed by atoms with Crippen molar-refractivity contribution in [2.24, 2.45) is 5.92 Å². The first-order valence-electron chi connectivity index (χ1n) is 5.74. The van der Waals surface area contributed by atoms with Gasteiger partial charge in [0.15, 0.2) is 0 Å². The van der Waals surface area contributed by atoms with Gasteiger partial charge in [0.25, 0.3) is 5.91 Å². The molecule has 0 radical (unpaired) electrons. The van der Waals surface area contributed by atoms with Crippen molar-refractivity contribution < 1.29 is 19.1 Å². The highest BCUT2D eigenvalue weighted by atomic mass is 19.1. The molecule has 0 aliphatic rings. The summed E-state index contributed by atoms with van der Waals surface area (Å²) < 4.78 is 12.7. The minimum absolute atomic E-state index is 0.0884. The van der Waals surface area contributed by atoms with E-state index < -0.39 is 5.97 Å². The second-order valence-electron chi connectivity index (χ2n) is 4.25. The van der Waals surface area contributed by atoms with Crippen molar-refractivity contribution in [3.05, 3.63) is 35.6 Å². The number of halogens is 1. The number of amides is 1. The Kier molecular flexibility index (Phi) is 5.30. The van der Waals surface area contributed by atoms with E-state index in [1.54, 1.807) is 0 Å². The molecule has 0 aliphatic heterocycles. The summed E-state index contributed by atoms with van der Waals surface area (Å²) >= 11 is 0. The van der Waals surface area contributed by atoms with Crippen molar-refractivity contribution in [1.29, 1.82) is 0 Å². The lowest BCUT2D eigenvalue weighted by atomic mass is 10.1. The Morgan fingerprint density at radius 3 is 2.50 bits per heavy atom. The Bertz CT molecular complexity index is 417. The van der Waals surface area contributed by atoms with E-state index in [4.69, 9.17) is 5.11 Å². The highest BCUT2D eigenvalue weighted by Crippen LogP contribution is 2.06. The molecule has 1 amide bonds. The molecule has 0 aliphatic carbocycles. The Morgan fingerprint density at radius 2 is 1.94 bits per heavy atom. The fraction of sp³-hybridized carbons (Fsp3) is 0.385. The molecule has 1 unspecified atom stereocenters. The molecule has 1 aromatic rings. The van der Waals surface area contributed by atoms with Gasteiger partial charge < -0.3 is 10.4 Å². The Hall–Kier alpha value is -1.91. The number of nitrogens with one attached hydrogen (secondary N) is 1. The largest absolute Gasteiger partial charge is 0.481 e. The first-order chi connectivity index (χ1) is 8.49. The number of hydrogen-bond acceptors (Lipinski definition) is 2. The number of rotatable bonds is 6. The molecule has 1 atom stereocenters. The summed E-state index contributed by atoms with van der Waals surface area (Å²) in [6.45, 7) is 2.28. The minimum atomic E-state index is -0.841. The predicted octanol–water partition coefficient (Wildman–Crippen LogP) is 2.06. The maximum Gasteiger partial charge on any atom is 0.303 e. The van der Waals surface area contributed by atoms with Gasteiger partial charge in [0.05, 0.1) is 0 Å². The molecule has 2 N–H and O–H groups in total. The van der Waals surface area contributed by atoms with Crippen molar-refractivity contribution in [2.45, 2.75) is 19.8 Å². The molecule has 1 aromatic carbocycles. The minimum Gasteiger partial charge on any atom is -0.481 e. The van der Waals surface area contributed by atoms with Gasteiger partial charge in [0.1, 0.15) is 5.82 Å². The van der Waals surface area contributed by atoms with Gasteiger partial charge in [-0.25, -0.2) is 4.39 Å². The number of aliphatic carboxylic acids is 1. The van der Waals surface area contributed by atoms with Crippen molar-refractivity contribution in [3.63, 3.8) is 0 Å². The third-order valence-electron chi connectivity index (χ3n) is 2.57. The monoisotopic (exact) mass is 253 g/mol. The topological polar surface area (TPSA) is 66.4 Å². The van der Waals surface area contributed by atoms with Gasteiger partial charge in [0.2, 0.25) is 0 Å². The number of benzene rings is 1. The third kappa shape index (κ3) is 4.95. The van der Waals surface area contributed by atoms with Crippen LogP contribution in [0.15, 0.2) is 24.3 Å². The molecule has 18 heavy (non-hydrogen) atoms. The van der Waals surface area contributed by atoms with Crippen LogP contribution in [0.2, 0.25) is 0 Å². The second kappa shape index (κ2) is 6.74. The van der Waals surface area contributed by atoms with Crippen LogP contribution in [0.25, 0.3) is 0 Å². The zero-order valence-electron chi connectivity index (χ0n) is 10.1. The predicted molar refractivity (Wildman–Crippen MR) is 64.8 cm³/mol. The van der Waals surface area contributed by atoms with E-state index >= 15 is 0 Å². The lowest BCUT2D eigenvalue weighted by Gasteiger charge is -2.11. The summed E-state index contributed by atoms with van der Waals surface area (Å²) in [5.41, 5.74) is 0.391. The molecular formula is C13H16FNO3. The van der Waals surface area contributed by atoms with Crippen LogP contribution < -0.4 is 5.32 Å². The van der Waals surface area contributed by atoms with Crippen LogP contribution in [0, 0.1) is 11.7 Å². The SMILES string of the molecule is CC(CCC(=O)O)CNC(=O)c1ccc(F)cc1. The fourth-order valence-electron chi connectivity index (χ4n) is 1.44. The van der Waals surface area contributed by atoms with Gasteiger partial charge in [-0.3, -0.25) is 9.59 Å². The molecule has 0 saturated heterocycles. The highest BCUT2D eigenvalue weighted by Gasteiger charge is 2.09. The van der Waals surface area contributed by atoms with Gasteiger partial charge in [-0.15, -0.1) is 0 Å². The van der Waals surface area contributed by atoms with Crippen LogP contribution in [-0.2, 0) is 4.79 Å². The molecule has 0 aromatic heterocycles. The molecule has 98 valence electrons. The summed E-state index contributed by atoms with van der Waals surface area (Å²) in [5.74, 6) is -1.42. The lowest BCUT2D eigenvalue weighted by Crippen LogP contribution is -2.28. The van der Waals surface area contributed by atoms with Crippen molar-refractivity contribution in [3.8, 4) is 0 Å². The van der Waals surface area contributed by atoms with Gasteiger partial charge in [-0.1, -0.05) is 6.92 Å². The summed E-state index contributed by atoms with van der Waals surface area (Å²) in [4.78, 5) is 22.0. The number of carboxylic acids is 1. The second-order valence-corrected chi connectivity index (χ2v) is 4.25. The van der Waals surface area contributed by atoms with Crippen LogP contribution in [0.4, 0.5) is 4.39 Å². The van der Waals surface area contributed by atoms with E-state index in [1.807, 2.05) is 6.92 Å². The molecule has 1 rings (SSSR count). The molecule has 5 heteroatoms. The summed E-state index contributed by atoms with van der Waals surface area (Å²) in [6, 6.07) is 5.27. The average molecular weight is 253 g/mol. The summed E-state index contributed by atoms with van der Waals surface area (Å²) in [5, 5.41) is 11.2. The summed E-state index contributed by atoms with van der Waals surface area (Å²) in [6.07, 6.45) is 0.604. The maximum atomic E-state index is 12.7. The Balaban J connectivity index is 2.36. The van der Waals surface area contributed by atoms with Crippen LogP contribution in [0.3, 0.4) is 0 Å². The Labute approximate surface area is 105 Å². The van der Waals surface area contributed by atoms with E-state index in [9.17, 15) is 14.0 Å². The zero-order valence-corrected chi connectivity index (χ0v) is 10.1. The zero-order chi connectivity index (χ0) is 13.5. The van der Waals surface area contributed by atoms with Crippen molar-refractivity contribution in [1.82, 2.24) is 5.32 Å². The van der Waals surface area contributed by atoms with E-state index in [1.165, 1.54) is 24.3 Å². The fourth-order valence-corrected chi connectivity index (χ4v) is 1.44. The van der Waals surface area contributed by atoms with E-state index in [0.717, 1.165) is 0 Å². The third-order valence-corrected chi connectivity index (χ3v) is 2.57. The smallest absolute Gasteiger partial charge is 0.303 e. The first kappa shape index (κ1) is 14.2. The van der Waals surface area contributed by atoms with Crippen molar-refractivity contribution >= 4 is 11.9 Å². The van der Waals surface area contributed by atoms with Gasteiger partial charge >= 0.3 is 5.97 Å². The molecular weight excluding hydrogens is 237 g/mol. The van der Waals surface area contributed by atoms with Crippen molar-refractivity contribution in [2.75, 3.05) is 6.54 Å². The number of carboxylic acid groups (broad SMARTS) is 1. The number of hydrogen-bond donors (Lipinski definition) is 2. The van der Waals surface area contributed by atoms with E-state index in [0.29, 0.717) is 18.5 Å². The van der Waals surface area contributed by atoms with Gasteiger partial charge in [0, 0.05) is 18.5 Å². The first-order valence-corrected chi connectivity index (χ1v) is 5.74. The highest BCUT2D eigenvalue weighted by molar-refractivity contribution is 5.94. The van der Waals surface area contributed by atoms with Gasteiger partial charge in [-0.05, 0) is 36.6 Å². The average Bonchev–Trinajstić information content (AvgIpc) is 2.34.